The van der Waals surface area contributed by atoms with Crippen molar-refractivity contribution in [3.05, 3.63) is 41.7 Å². The molecule has 26 heavy (non-hydrogen) atoms. The van der Waals surface area contributed by atoms with E-state index in [0.29, 0.717) is 19.8 Å². The zero-order valence-electron chi connectivity index (χ0n) is 14.7. The monoisotopic (exact) mass is 359 g/mol. The lowest BCUT2D eigenvalue weighted by Crippen LogP contribution is -2.38. The van der Waals surface area contributed by atoms with Gasteiger partial charge in [-0.25, -0.2) is 4.68 Å². The molecule has 0 radical (unpaired) electrons. The number of hydrogen-bond acceptors (Lipinski definition) is 7. The van der Waals surface area contributed by atoms with Gasteiger partial charge in [-0.2, -0.15) is 0 Å². The van der Waals surface area contributed by atoms with Crippen LogP contribution in [0.25, 0.3) is 0 Å². The molecule has 3 aliphatic rings. The van der Waals surface area contributed by atoms with E-state index in [1.54, 1.807) is 4.68 Å². The molecule has 138 valence electrons. The summed E-state index contributed by atoms with van der Waals surface area (Å²) in [6.45, 7) is 5.04. The summed E-state index contributed by atoms with van der Waals surface area (Å²) >= 11 is 0. The third-order valence-electron chi connectivity index (χ3n) is 4.82. The zero-order valence-corrected chi connectivity index (χ0v) is 14.7. The van der Waals surface area contributed by atoms with Crippen molar-refractivity contribution < 1.29 is 23.7 Å². The first-order valence-electron chi connectivity index (χ1n) is 8.80. The molecule has 0 amide bonds. The van der Waals surface area contributed by atoms with Gasteiger partial charge in [0.05, 0.1) is 19.3 Å². The Morgan fingerprint density at radius 2 is 2.00 bits per heavy atom. The highest BCUT2D eigenvalue weighted by molar-refractivity contribution is 5.32. The van der Waals surface area contributed by atoms with Gasteiger partial charge in [-0.3, -0.25) is 0 Å². The molecule has 0 unspecified atom stereocenters. The minimum Gasteiger partial charge on any atom is -0.487 e. The van der Waals surface area contributed by atoms with Crippen LogP contribution in [0.3, 0.4) is 0 Å². The number of nitrogens with zero attached hydrogens (tertiary/aromatic N) is 3. The van der Waals surface area contributed by atoms with E-state index in [0.717, 1.165) is 17.0 Å². The highest BCUT2D eigenvalue weighted by atomic mass is 16.8. The highest BCUT2D eigenvalue weighted by Gasteiger charge is 2.55. The van der Waals surface area contributed by atoms with Crippen LogP contribution >= 0.6 is 0 Å². The van der Waals surface area contributed by atoms with Crippen molar-refractivity contribution in [1.82, 2.24) is 15.0 Å². The van der Waals surface area contributed by atoms with E-state index in [4.69, 9.17) is 23.7 Å². The standard InChI is InChI=1S/C18H21N3O5/c1-18(2)25-16-15-14(24-17(16)26-18)8-21-7-12(19-20-21)10-22-13-6-4-3-5-11(13)9-23-15/h3-7,14-17H,8-10H2,1-2H3/t14-,15+,16-,17-/m1/s1. The maximum absolute atomic E-state index is 6.25. The Bertz CT molecular complexity index is 808. The molecule has 4 heterocycles. The molecule has 0 aliphatic carbocycles. The van der Waals surface area contributed by atoms with Gasteiger partial charge in [-0.15, -0.1) is 5.10 Å². The molecule has 5 rings (SSSR count). The van der Waals surface area contributed by atoms with Gasteiger partial charge in [-0.05, 0) is 19.9 Å². The summed E-state index contributed by atoms with van der Waals surface area (Å²) < 4.78 is 31.9. The van der Waals surface area contributed by atoms with Crippen LogP contribution in [-0.2, 0) is 38.7 Å². The van der Waals surface area contributed by atoms with Gasteiger partial charge in [0, 0.05) is 5.56 Å². The van der Waals surface area contributed by atoms with Crippen LogP contribution < -0.4 is 4.74 Å². The second kappa shape index (κ2) is 6.02. The molecule has 2 saturated heterocycles. The van der Waals surface area contributed by atoms with Gasteiger partial charge in [0.25, 0.3) is 0 Å². The van der Waals surface area contributed by atoms with Crippen LogP contribution in [0.5, 0.6) is 5.75 Å². The fourth-order valence-electron chi connectivity index (χ4n) is 3.68. The Balaban J connectivity index is 1.48. The topological polar surface area (TPSA) is 76.9 Å². The number of fused-ring (bicyclic) bond motifs is 6. The maximum Gasteiger partial charge on any atom is 0.190 e. The van der Waals surface area contributed by atoms with E-state index in [1.165, 1.54) is 0 Å². The number of benzene rings is 1. The minimum absolute atomic E-state index is 0.233. The van der Waals surface area contributed by atoms with E-state index < -0.39 is 12.1 Å². The van der Waals surface area contributed by atoms with Gasteiger partial charge < -0.3 is 23.7 Å². The largest absolute Gasteiger partial charge is 0.487 e. The summed E-state index contributed by atoms with van der Waals surface area (Å²) in [4.78, 5) is 0. The van der Waals surface area contributed by atoms with Crippen molar-refractivity contribution in [3.63, 3.8) is 0 Å². The molecule has 0 saturated carbocycles. The lowest BCUT2D eigenvalue weighted by molar-refractivity contribution is -0.220. The third kappa shape index (κ3) is 2.88. The molecule has 2 fully saturated rings. The summed E-state index contributed by atoms with van der Waals surface area (Å²) in [5.74, 6) is 0.0907. The van der Waals surface area contributed by atoms with Crippen LogP contribution in [0, 0.1) is 0 Å². The van der Waals surface area contributed by atoms with Crippen molar-refractivity contribution in [2.45, 2.75) is 64.0 Å². The molecule has 3 aliphatic heterocycles. The van der Waals surface area contributed by atoms with Crippen molar-refractivity contribution in [1.29, 1.82) is 0 Å². The molecule has 1 aromatic carbocycles. The Morgan fingerprint density at radius 3 is 2.92 bits per heavy atom. The second-order valence-corrected chi connectivity index (χ2v) is 7.25. The summed E-state index contributed by atoms with van der Waals surface area (Å²) in [5, 5.41) is 8.34. The number of rotatable bonds is 0. The average molecular weight is 359 g/mol. The summed E-state index contributed by atoms with van der Waals surface area (Å²) in [5.41, 5.74) is 1.74. The number of hydrogen-bond donors (Lipinski definition) is 0. The molecule has 8 nitrogen and oxygen atoms in total. The predicted molar refractivity (Wildman–Crippen MR) is 88.1 cm³/mol. The zero-order chi connectivity index (χ0) is 17.7. The normalized spacial score (nSPS) is 32.5. The quantitative estimate of drug-likeness (QED) is 0.707. The van der Waals surface area contributed by atoms with E-state index in [2.05, 4.69) is 10.3 Å². The van der Waals surface area contributed by atoms with E-state index in [9.17, 15) is 0 Å². The van der Waals surface area contributed by atoms with Crippen LogP contribution in [-0.4, -0.2) is 45.4 Å². The smallest absolute Gasteiger partial charge is 0.190 e. The van der Waals surface area contributed by atoms with Crippen LogP contribution in [0.2, 0.25) is 0 Å². The first-order chi connectivity index (χ1) is 12.6. The Morgan fingerprint density at radius 1 is 1.12 bits per heavy atom. The molecule has 0 spiro atoms. The molecule has 0 N–H and O–H groups in total. The third-order valence-corrected chi connectivity index (χ3v) is 4.82. The van der Waals surface area contributed by atoms with E-state index in [1.807, 2.05) is 44.3 Å². The van der Waals surface area contributed by atoms with E-state index >= 15 is 0 Å². The number of para-hydroxylation sites is 1. The SMILES string of the molecule is CC1(C)O[C@H]2O[C@@H]3Cn4cc(nn4)COc4ccccc4CO[C@@H]3[C@H]2O1. The minimum atomic E-state index is -0.686. The molecular weight excluding hydrogens is 338 g/mol. The molecule has 2 bridgehead atoms. The van der Waals surface area contributed by atoms with Crippen molar-refractivity contribution >= 4 is 0 Å². The average Bonchev–Trinajstić information content (AvgIpc) is 3.24. The van der Waals surface area contributed by atoms with Crippen molar-refractivity contribution in [3.8, 4) is 5.75 Å². The van der Waals surface area contributed by atoms with E-state index in [-0.39, 0.29) is 18.3 Å². The maximum atomic E-state index is 6.25. The Labute approximate surface area is 150 Å². The highest BCUT2D eigenvalue weighted by Crippen LogP contribution is 2.39. The fourth-order valence-corrected chi connectivity index (χ4v) is 3.68. The first-order valence-corrected chi connectivity index (χ1v) is 8.80. The first kappa shape index (κ1) is 16.2. The molecule has 4 atom stereocenters. The lowest BCUT2D eigenvalue weighted by atomic mass is 10.1. The van der Waals surface area contributed by atoms with Gasteiger partial charge in [0.2, 0.25) is 0 Å². The van der Waals surface area contributed by atoms with Crippen LogP contribution in [0.15, 0.2) is 30.5 Å². The van der Waals surface area contributed by atoms with Gasteiger partial charge >= 0.3 is 0 Å². The second-order valence-electron chi connectivity index (χ2n) is 7.25. The van der Waals surface area contributed by atoms with Crippen LogP contribution in [0.1, 0.15) is 25.1 Å². The molecule has 2 aromatic rings. The Kier molecular flexibility index (Phi) is 3.75. The van der Waals surface area contributed by atoms with Crippen molar-refractivity contribution in [2.75, 3.05) is 0 Å². The van der Waals surface area contributed by atoms with Gasteiger partial charge in [0.15, 0.2) is 12.1 Å². The predicted octanol–water partition coefficient (Wildman–Crippen LogP) is 1.63. The van der Waals surface area contributed by atoms with Crippen LogP contribution in [0.4, 0.5) is 0 Å². The number of ether oxygens (including phenoxy) is 5. The van der Waals surface area contributed by atoms with Gasteiger partial charge in [-0.1, -0.05) is 23.4 Å². The number of aromatic nitrogens is 3. The molecule has 8 heteroatoms. The Hall–Kier alpha value is -2.00. The van der Waals surface area contributed by atoms with Crippen molar-refractivity contribution in [2.24, 2.45) is 0 Å². The summed E-state index contributed by atoms with van der Waals surface area (Å²) in [7, 11) is 0. The fraction of sp³-hybridized carbons (Fsp3) is 0.556. The molecular formula is C18H21N3O5. The lowest BCUT2D eigenvalue weighted by Gasteiger charge is -2.26. The summed E-state index contributed by atoms with van der Waals surface area (Å²) in [6, 6.07) is 7.84. The molecule has 1 aromatic heterocycles. The van der Waals surface area contributed by atoms with Gasteiger partial charge in [0.1, 0.15) is 36.4 Å². The summed E-state index contributed by atoms with van der Waals surface area (Å²) in [6.07, 6.45) is 0.628.